The second-order valence-electron chi connectivity index (χ2n) is 4.82. The van der Waals surface area contributed by atoms with Gasteiger partial charge in [-0.05, 0) is 31.9 Å². The van der Waals surface area contributed by atoms with E-state index in [1.165, 1.54) is 0 Å². The fourth-order valence-corrected chi connectivity index (χ4v) is 2.18. The van der Waals surface area contributed by atoms with Crippen LogP contribution in [0.1, 0.15) is 19.8 Å². The van der Waals surface area contributed by atoms with Crippen LogP contribution in [0.2, 0.25) is 0 Å². The maximum absolute atomic E-state index is 12.4. The van der Waals surface area contributed by atoms with Crippen LogP contribution in [0.5, 0.6) is 0 Å². The van der Waals surface area contributed by atoms with Gasteiger partial charge >= 0.3 is 0 Å². The Hall–Kier alpha value is -1.59. The summed E-state index contributed by atoms with van der Waals surface area (Å²) in [6, 6.07) is 8.43. The number of amides is 2. The molecule has 0 aromatic heterocycles. The van der Waals surface area contributed by atoms with E-state index < -0.39 is 12.1 Å². The summed E-state index contributed by atoms with van der Waals surface area (Å²) in [7, 11) is 0. The van der Waals surface area contributed by atoms with Crippen molar-refractivity contribution in [3.63, 3.8) is 0 Å². The van der Waals surface area contributed by atoms with Crippen LogP contribution < -0.4 is 16.0 Å². The molecule has 1 fully saturated rings. The lowest BCUT2D eigenvalue weighted by atomic mass is 10.0. The molecule has 1 aliphatic heterocycles. The molecule has 1 aliphatic rings. The van der Waals surface area contributed by atoms with Crippen LogP contribution in [0.3, 0.4) is 0 Å². The van der Waals surface area contributed by atoms with Gasteiger partial charge in [-0.2, -0.15) is 0 Å². The van der Waals surface area contributed by atoms with E-state index in [4.69, 9.17) is 5.73 Å². The minimum atomic E-state index is -0.597. The topological polar surface area (TPSA) is 75.4 Å². The molecule has 0 aliphatic carbocycles. The summed E-state index contributed by atoms with van der Waals surface area (Å²) < 4.78 is 0. The van der Waals surface area contributed by atoms with E-state index in [9.17, 15) is 9.59 Å². The molecule has 1 unspecified atom stereocenters. The van der Waals surface area contributed by atoms with Gasteiger partial charge in [0, 0.05) is 12.2 Å². The van der Waals surface area contributed by atoms with Crippen LogP contribution in [-0.2, 0) is 9.59 Å². The Morgan fingerprint density at radius 1 is 1.40 bits per heavy atom. The van der Waals surface area contributed by atoms with Gasteiger partial charge in [-0.15, -0.1) is 12.4 Å². The Morgan fingerprint density at radius 2 is 2.05 bits per heavy atom. The number of nitrogens with two attached hydrogens (primary N) is 1. The minimum absolute atomic E-state index is 0. The van der Waals surface area contributed by atoms with E-state index in [0.29, 0.717) is 13.0 Å². The molecule has 5 nitrogen and oxygen atoms in total. The first kappa shape index (κ1) is 16.5. The smallest absolute Gasteiger partial charge is 0.249 e. The van der Waals surface area contributed by atoms with Crippen molar-refractivity contribution in [2.75, 3.05) is 11.4 Å². The van der Waals surface area contributed by atoms with Gasteiger partial charge in [-0.3, -0.25) is 9.59 Å². The zero-order valence-electron chi connectivity index (χ0n) is 11.4. The van der Waals surface area contributed by atoms with E-state index in [0.717, 1.165) is 12.1 Å². The first-order chi connectivity index (χ1) is 9.09. The minimum Gasteiger partial charge on any atom is -0.343 e. The maximum Gasteiger partial charge on any atom is 0.249 e. The summed E-state index contributed by atoms with van der Waals surface area (Å²) >= 11 is 0. The average molecular weight is 298 g/mol. The summed E-state index contributed by atoms with van der Waals surface area (Å²) in [4.78, 5) is 25.7. The zero-order valence-corrected chi connectivity index (χ0v) is 12.2. The SMILES string of the molecule is C[C@H](N)C(=O)NC1CCCN(c2ccccc2)C1=O.Cl. The Bertz CT molecular complexity index is 465. The summed E-state index contributed by atoms with van der Waals surface area (Å²) in [6.45, 7) is 2.30. The number of hydrogen-bond donors (Lipinski definition) is 2. The highest BCUT2D eigenvalue weighted by Crippen LogP contribution is 2.20. The van der Waals surface area contributed by atoms with Crippen LogP contribution in [0, 0.1) is 0 Å². The van der Waals surface area contributed by atoms with E-state index in [1.807, 2.05) is 30.3 Å². The van der Waals surface area contributed by atoms with E-state index in [1.54, 1.807) is 11.8 Å². The van der Waals surface area contributed by atoms with Gasteiger partial charge in [-0.25, -0.2) is 0 Å². The normalized spacial score (nSPS) is 20.0. The lowest BCUT2D eigenvalue weighted by Crippen LogP contribution is -2.55. The third-order valence-corrected chi connectivity index (χ3v) is 3.24. The predicted molar refractivity (Wildman–Crippen MR) is 80.9 cm³/mol. The fourth-order valence-electron chi connectivity index (χ4n) is 2.18. The van der Waals surface area contributed by atoms with Crippen molar-refractivity contribution >= 4 is 29.9 Å². The molecule has 2 rings (SSSR count). The van der Waals surface area contributed by atoms with Gasteiger partial charge < -0.3 is 16.0 Å². The molecule has 6 heteroatoms. The predicted octanol–water partition coefficient (Wildman–Crippen LogP) is 1.07. The first-order valence-corrected chi connectivity index (χ1v) is 6.52. The molecule has 1 heterocycles. The number of anilines is 1. The highest BCUT2D eigenvalue weighted by molar-refractivity contribution is 6.00. The van der Waals surface area contributed by atoms with Crippen molar-refractivity contribution in [3.05, 3.63) is 30.3 Å². The van der Waals surface area contributed by atoms with Crippen molar-refractivity contribution in [2.24, 2.45) is 5.73 Å². The Balaban J connectivity index is 0.00000200. The molecule has 0 saturated carbocycles. The number of para-hydroxylation sites is 1. The van der Waals surface area contributed by atoms with Gasteiger partial charge in [0.25, 0.3) is 0 Å². The number of carbonyl (C=O) groups is 2. The van der Waals surface area contributed by atoms with Crippen molar-refractivity contribution in [1.82, 2.24) is 5.32 Å². The Labute approximate surface area is 124 Å². The molecule has 2 amide bonds. The molecular weight excluding hydrogens is 278 g/mol. The van der Waals surface area contributed by atoms with Crippen LogP contribution in [-0.4, -0.2) is 30.4 Å². The molecule has 3 N–H and O–H groups in total. The lowest BCUT2D eigenvalue weighted by Gasteiger charge is -2.33. The molecule has 1 aromatic carbocycles. The number of nitrogens with one attached hydrogen (secondary N) is 1. The second kappa shape index (κ2) is 7.26. The van der Waals surface area contributed by atoms with Crippen LogP contribution in [0.4, 0.5) is 5.69 Å². The highest BCUT2D eigenvalue weighted by atomic mass is 35.5. The van der Waals surface area contributed by atoms with Crippen molar-refractivity contribution < 1.29 is 9.59 Å². The van der Waals surface area contributed by atoms with Crippen LogP contribution in [0.15, 0.2) is 30.3 Å². The molecular formula is C14H20ClN3O2. The van der Waals surface area contributed by atoms with Crippen molar-refractivity contribution in [3.8, 4) is 0 Å². The number of nitrogens with zero attached hydrogens (tertiary/aromatic N) is 1. The molecule has 0 radical (unpaired) electrons. The molecule has 2 atom stereocenters. The third-order valence-electron chi connectivity index (χ3n) is 3.24. The maximum atomic E-state index is 12.4. The van der Waals surface area contributed by atoms with Crippen molar-refractivity contribution in [2.45, 2.75) is 31.8 Å². The van der Waals surface area contributed by atoms with Crippen molar-refractivity contribution in [1.29, 1.82) is 0 Å². The van der Waals surface area contributed by atoms with E-state index in [-0.39, 0.29) is 24.2 Å². The quantitative estimate of drug-likeness (QED) is 0.876. The average Bonchev–Trinajstić information content (AvgIpc) is 2.42. The van der Waals surface area contributed by atoms with Gasteiger partial charge in [-0.1, -0.05) is 18.2 Å². The lowest BCUT2D eigenvalue weighted by molar-refractivity contribution is -0.128. The van der Waals surface area contributed by atoms with Gasteiger partial charge in [0.05, 0.1) is 6.04 Å². The summed E-state index contributed by atoms with van der Waals surface area (Å²) in [5, 5.41) is 2.71. The summed E-state index contributed by atoms with van der Waals surface area (Å²) in [5.74, 6) is -0.347. The standard InChI is InChI=1S/C14H19N3O2.ClH/c1-10(15)13(18)16-12-8-5-9-17(14(12)19)11-6-3-2-4-7-11;/h2-4,6-7,10,12H,5,8-9,15H2,1H3,(H,16,18);1H/t10-,12?;/m0./s1. The van der Waals surface area contributed by atoms with Gasteiger partial charge in [0.15, 0.2) is 0 Å². The van der Waals surface area contributed by atoms with Crippen LogP contribution >= 0.6 is 12.4 Å². The molecule has 20 heavy (non-hydrogen) atoms. The van der Waals surface area contributed by atoms with Gasteiger partial charge in [0.2, 0.25) is 11.8 Å². The Morgan fingerprint density at radius 3 is 2.65 bits per heavy atom. The number of benzene rings is 1. The summed E-state index contributed by atoms with van der Waals surface area (Å²) in [6.07, 6.45) is 1.53. The number of halogens is 1. The highest BCUT2D eigenvalue weighted by Gasteiger charge is 2.31. The van der Waals surface area contributed by atoms with E-state index in [2.05, 4.69) is 5.32 Å². The van der Waals surface area contributed by atoms with Gasteiger partial charge in [0.1, 0.15) is 6.04 Å². The van der Waals surface area contributed by atoms with E-state index >= 15 is 0 Å². The molecule has 0 spiro atoms. The third kappa shape index (κ3) is 3.71. The van der Waals surface area contributed by atoms with Crippen LogP contribution in [0.25, 0.3) is 0 Å². The second-order valence-corrected chi connectivity index (χ2v) is 4.82. The monoisotopic (exact) mass is 297 g/mol. The number of piperidine rings is 1. The fraction of sp³-hybridized carbons (Fsp3) is 0.429. The Kier molecular flexibility index (Phi) is 5.98. The molecule has 0 bridgehead atoms. The number of hydrogen-bond acceptors (Lipinski definition) is 3. The summed E-state index contributed by atoms with van der Waals surface area (Å²) in [5.41, 5.74) is 6.38. The number of carbonyl (C=O) groups excluding carboxylic acids is 2. The molecule has 110 valence electrons. The number of rotatable bonds is 3. The largest absolute Gasteiger partial charge is 0.343 e. The molecule has 1 saturated heterocycles. The first-order valence-electron chi connectivity index (χ1n) is 6.52. The molecule has 1 aromatic rings. The zero-order chi connectivity index (χ0) is 13.8.